The molecular formula is C16H21N3O2. The molecule has 2 aromatic rings. The van der Waals surface area contributed by atoms with Crippen LogP contribution in [-0.4, -0.2) is 16.7 Å². The summed E-state index contributed by atoms with van der Waals surface area (Å²) in [4.78, 5) is 4.21. The van der Waals surface area contributed by atoms with Crippen LogP contribution in [0.1, 0.15) is 43.1 Å². The maximum absolute atomic E-state index is 5.90. The Bertz CT molecular complexity index is 618. The number of hydrogen-bond donors (Lipinski definition) is 1. The highest BCUT2D eigenvalue weighted by Crippen LogP contribution is 2.36. The van der Waals surface area contributed by atoms with Gasteiger partial charge in [0.05, 0.1) is 25.3 Å². The van der Waals surface area contributed by atoms with Gasteiger partial charge in [-0.25, -0.2) is 4.98 Å². The number of ether oxygens (including phenoxy) is 2. The summed E-state index contributed by atoms with van der Waals surface area (Å²) in [5.41, 5.74) is 8.01. The van der Waals surface area contributed by atoms with Crippen molar-refractivity contribution in [1.29, 1.82) is 0 Å². The van der Waals surface area contributed by atoms with Gasteiger partial charge in [-0.2, -0.15) is 0 Å². The summed E-state index contributed by atoms with van der Waals surface area (Å²) in [5.74, 6) is 1.44. The number of hydrogen-bond acceptors (Lipinski definition) is 4. The minimum Gasteiger partial charge on any atom is -0.493 e. The fourth-order valence-corrected chi connectivity index (χ4v) is 2.36. The second-order valence-corrected chi connectivity index (χ2v) is 5.51. The lowest BCUT2D eigenvalue weighted by Gasteiger charge is -2.14. The van der Waals surface area contributed by atoms with Crippen LogP contribution in [0.3, 0.4) is 0 Å². The topological polar surface area (TPSA) is 62.3 Å². The standard InChI is InChI=1S/C16H21N3O2/c1-11(17)12-3-6-15(16(7-12)20-2)21-9-14-8-18-10-19(14)13-4-5-13/h3,6-8,10-11,13H,4-5,9,17H2,1-2H3/t11-/m0/s1. The Morgan fingerprint density at radius 3 is 2.86 bits per heavy atom. The van der Waals surface area contributed by atoms with Crippen molar-refractivity contribution < 1.29 is 9.47 Å². The number of nitrogens with two attached hydrogens (primary N) is 1. The Balaban J connectivity index is 1.73. The molecule has 0 spiro atoms. The highest BCUT2D eigenvalue weighted by atomic mass is 16.5. The number of rotatable bonds is 6. The summed E-state index contributed by atoms with van der Waals surface area (Å²) < 4.78 is 13.5. The van der Waals surface area contributed by atoms with E-state index in [0.29, 0.717) is 18.4 Å². The molecule has 1 aliphatic carbocycles. The highest BCUT2D eigenvalue weighted by Gasteiger charge is 2.25. The van der Waals surface area contributed by atoms with E-state index in [0.717, 1.165) is 17.0 Å². The van der Waals surface area contributed by atoms with Gasteiger partial charge in [-0.05, 0) is 37.5 Å². The van der Waals surface area contributed by atoms with Crippen LogP contribution in [0, 0.1) is 0 Å². The van der Waals surface area contributed by atoms with Crippen molar-refractivity contribution in [3.63, 3.8) is 0 Å². The lowest BCUT2D eigenvalue weighted by Crippen LogP contribution is -2.07. The molecule has 0 bridgehead atoms. The molecule has 1 saturated carbocycles. The summed E-state index contributed by atoms with van der Waals surface area (Å²) in [6.07, 6.45) is 6.21. The van der Waals surface area contributed by atoms with E-state index in [9.17, 15) is 0 Å². The third-order valence-corrected chi connectivity index (χ3v) is 3.78. The van der Waals surface area contributed by atoms with Gasteiger partial charge in [0.1, 0.15) is 6.61 Å². The van der Waals surface area contributed by atoms with Crippen LogP contribution in [-0.2, 0) is 6.61 Å². The zero-order chi connectivity index (χ0) is 14.8. The summed E-state index contributed by atoms with van der Waals surface area (Å²) in [6, 6.07) is 6.39. The summed E-state index contributed by atoms with van der Waals surface area (Å²) >= 11 is 0. The predicted molar refractivity (Wildman–Crippen MR) is 80.4 cm³/mol. The quantitative estimate of drug-likeness (QED) is 0.887. The molecule has 0 unspecified atom stereocenters. The van der Waals surface area contributed by atoms with E-state index in [1.165, 1.54) is 12.8 Å². The van der Waals surface area contributed by atoms with E-state index in [4.69, 9.17) is 15.2 Å². The molecule has 1 aromatic carbocycles. The Kier molecular flexibility index (Phi) is 3.84. The minimum atomic E-state index is -0.0238. The molecule has 112 valence electrons. The van der Waals surface area contributed by atoms with Gasteiger partial charge in [0.2, 0.25) is 0 Å². The van der Waals surface area contributed by atoms with Crippen LogP contribution in [0.4, 0.5) is 0 Å². The molecule has 1 aromatic heterocycles. The van der Waals surface area contributed by atoms with Gasteiger partial charge in [-0.1, -0.05) is 6.07 Å². The van der Waals surface area contributed by atoms with Crippen molar-refractivity contribution in [1.82, 2.24) is 9.55 Å². The van der Waals surface area contributed by atoms with Crippen LogP contribution in [0.25, 0.3) is 0 Å². The number of methoxy groups -OCH3 is 1. The maximum Gasteiger partial charge on any atom is 0.161 e. The van der Waals surface area contributed by atoms with Gasteiger partial charge in [-0.15, -0.1) is 0 Å². The van der Waals surface area contributed by atoms with Crippen molar-refractivity contribution >= 4 is 0 Å². The average molecular weight is 287 g/mol. The molecule has 3 rings (SSSR count). The fraction of sp³-hybridized carbons (Fsp3) is 0.438. The zero-order valence-electron chi connectivity index (χ0n) is 12.5. The van der Waals surface area contributed by atoms with Crippen molar-refractivity contribution in [2.75, 3.05) is 7.11 Å². The van der Waals surface area contributed by atoms with Crippen molar-refractivity contribution in [3.8, 4) is 11.5 Å². The first-order valence-corrected chi connectivity index (χ1v) is 7.26. The molecule has 5 heteroatoms. The normalized spacial score (nSPS) is 15.8. The van der Waals surface area contributed by atoms with Crippen molar-refractivity contribution in [3.05, 3.63) is 42.0 Å². The van der Waals surface area contributed by atoms with Crippen molar-refractivity contribution in [2.45, 2.75) is 38.5 Å². The fourth-order valence-electron chi connectivity index (χ4n) is 2.36. The first-order chi connectivity index (χ1) is 10.2. The van der Waals surface area contributed by atoms with Crippen LogP contribution in [0.5, 0.6) is 11.5 Å². The third-order valence-electron chi connectivity index (χ3n) is 3.78. The van der Waals surface area contributed by atoms with Gasteiger partial charge in [0.15, 0.2) is 11.5 Å². The summed E-state index contributed by atoms with van der Waals surface area (Å²) in [6.45, 7) is 2.44. The minimum absolute atomic E-state index is 0.0238. The van der Waals surface area contributed by atoms with Crippen LogP contribution < -0.4 is 15.2 Å². The lowest BCUT2D eigenvalue weighted by molar-refractivity contribution is 0.275. The van der Waals surface area contributed by atoms with Gasteiger partial charge < -0.3 is 19.8 Å². The molecule has 5 nitrogen and oxygen atoms in total. The largest absolute Gasteiger partial charge is 0.493 e. The SMILES string of the molecule is COc1cc([C@H](C)N)ccc1OCc1cncn1C1CC1. The van der Waals surface area contributed by atoms with Gasteiger partial charge in [-0.3, -0.25) is 0 Å². The molecule has 0 amide bonds. The number of benzene rings is 1. The second kappa shape index (κ2) is 5.77. The molecular weight excluding hydrogens is 266 g/mol. The first-order valence-electron chi connectivity index (χ1n) is 7.26. The second-order valence-electron chi connectivity index (χ2n) is 5.51. The molecule has 0 aliphatic heterocycles. The van der Waals surface area contributed by atoms with E-state index >= 15 is 0 Å². The van der Waals surface area contributed by atoms with Crippen LogP contribution in [0.2, 0.25) is 0 Å². The van der Waals surface area contributed by atoms with Crippen LogP contribution >= 0.6 is 0 Å². The van der Waals surface area contributed by atoms with Crippen LogP contribution in [0.15, 0.2) is 30.7 Å². The van der Waals surface area contributed by atoms with E-state index < -0.39 is 0 Å². The van der Waals surface area contributed by atoms with Gasteiger partial charge in [0.25, 0.3) is 0 Å². The molecule has 0 radical (unpaired) electrons. The Morgan fingerprint density at radius 2 is 2.19 bits per heavy atom. The monoisotopic (exact) mass is 287 g/mol. The molecule has 21 heavy (non-hydrogen) atoms. The molecule has 1 atom stereocenters. The van der Waals surface area contributed by atoms with E-state index in [2.05, 4.69) is 9.55 Å². The third kappa shape index (κ3) is 3.03. The molecule has 2 N–H and O–H groups in total. The molecule has 1 aliphatic rings. The predicted octanol–water partition coefficient (Wildman–Crippen LogP) is 2.83. The molecule has 1 heterocycles. The number of aromatic nitrogens is 2. The molecule has 1 fully saturated rings. The van der Waals surface area contributed by atoms with Gasteiger partial charge in [0, 0.05) is 12.1 Å². The zero-order valence-corrected chi connectivity index (χ0v) is 12.5. The smallest absolute Gasteiger partial charge is 0.161 e. The summed E-state index contributed by atoms with van der Waals surface area (Å²) in [5, 5.41) is 0. The first kappa shape index (κ1) is 13.9. The number of nitrogens with zero attached hydrogens (tertiary/aromatic N) is 2. The van der Waals surface area contributed by atoms with E-state index in [-0.39, 0.29) is 6.04 Å². The maximum atomic E-state index is 5.90. The highest BCUT2D eigenvalue weighted by molar-refractivity contribution is 5.43. The lowest BCUT2D eigenvalue weighted by atomic mass is 10.1. The van der Waals surface area contributed by atoms with Crippen molar-refractivity contribution in [2.24, 2.45) is 5.73 Å². The Morgan fingerprint density at radius 1 is 1.38 bits per heavy atom. The van der Waals surface area contributed by atoms with Gasteiger partial charge >= 0.3 is 0 Å². The van der Waals surface area contributed by atoms with E-state index in [1.54, 1.807) is 7.11 Å². The van der Waals surface area contributed by atoms with E-state index in [1.807, 2.05) is 37.6 Å². The summed E-state index contributed by atoms with van der Waals surface area (Å²) in [7, 11) is 1.64. The molecule has 0 saturated heterocycles. The Hall–Kier alpha value is -2.01. The Labute approximate surface area is 124 Å². The average Bonchev–Trinajstić information content (AvgIpc) is 3.23. The number of imidazole rings is 1.